The molecule has 1 atom stereocenters. The van der Waals surface area contributed by atoms with Gasteiger partial charge in [-0.3, -0.25) is 0 Å². The Hall–Kier alpha value is -1.89. The van der Waals surface area contributed by atoms with Crippen LogP contribution < -0.4 is 5.73 Å². The van der Waals surface area contributed by atoms with E-state index < -0.39 is 17.8 Å². The maximum atomic E-state index is 12.9. The van der Waals surface area contributed by atoms with Crippen molar-refractivity contribution in [1.29, 1.82) is 0 Å². The summed E-state index contributed by atoms with van der Waals surface area (Å²) in [6, 6.07) is 4.06. The van der Waals surface area contributed by atoms with Crippen LogP contribution in [0, 0.1) is 0 Å². The van der Waals surface area contributed by atoms with Crippen molar-refractivity contribution in [2.24, 2.45) is 5.73 Å². The van der Waals surface area contributed by atoms with Gasteiger partial charge in [-0.15, -0.1) is 0 Å². The van der Waals surface area contributed by atoms with Crippen LogP contribution in [0.1, 0.15) is 42.2 Å². The number of aryl methyl sites for hydroxylation is 1. The van der Waals surface area contributed by atoms with Gasteiger partial charge in [0.15, 0.2) is 5.82 Å². The van der Waals surface area contributed by atoms with Gasteiger partial charge in [0.25, 0.3) is 0 Å². The lowest BCUT2D eigenvalue weighted by molar-refractivity contribution is -0.138. The van der Waals surface area contributed by atoms with E-state index in [1.165, 1.54) is 18.2 Å². The summed E-state index contributed by atoms with van der Waals surface area (Å²) in [7, 11) is 0. The fourth-order valence-electron chi connectivity index (χ4n) is 1.88. The van der Waals surface area contributed by atoms with Crippen LogP contribution in [0.5, 0.6) is 0 Å². The highest BCUT2D eigenvalue weighted by Gasteiger charge is 2.35. The number of halogens is 3. The molecule has 0 aliphatic carbocycles. The van der Waals surface area contributed by atoms with E-state index in [9.17, 15) is 13.2 Å². The second kappa shape index (κ2) is 5.62. The lowest BCUT2D eigenvalue weighted by Crippen LogP contribution is -2.19. The summed E-state index contributed by atoms with van der Waals surface area (Å²) in [6.45, 7) is 1.93. The Morgan fingerprint density at radius 3 is 2.65 bits per heavy atom. The zero-order valence-electron chi connectivity index (χ0n) is 10.8. The summed E-state index contributed by atoms with van der Waals surface area (Å²) >= 11 is 0. The molecular weight excluding hydrogens is 271 g/mol. The molecule has 0 fully saturated rings. The van der Waals surface area contributed by atoms with E-state index in [1.807, 2.05) is 6.92 Å². The van der Waals surface area contributed by atoms with Crippen LogP contribution in [-0.2, 0) is 12.6 Å². The van der Waals surface area contributed by atoms with E-state index in [0.29, 0.717) is 12.3 Å². The van der Waals surface area contributed by atoms with Crippen LogP contribution in [0.4, 0.5) is 13.2 Å². The van der Waals surface area contributed by atoms with Gasteiger partial charge < -0.3 is 10.3 Å². The molecule has 2 aromatic rings. The van der Waals surface area contributed by atoms with Crippen LogP contribution in [0.25, 0.3) is 0 Å². The van der Waals surface area contributed by atoms with Crippen molar-refractivity contribution in [3.05, 3.63) is 47.1 Å². The summed E-state index contributed by atoms with van der Waals surface area (Å²) in [5.41, 5.74) is 4.99. The zero-order valence-corrected chi connectivity index (χ0v) is 10.8. The van der Waals surface area contributed by atoms with Crippen LogP contribution >= 0.6 is 0 Å². The van der Waals surface area contributed by atoms with Gasteiger partial charge in [0, 0.05) is 6.42 Å². The normalized spacial score (nSPS) is 13.4. The SMILES string of the molecule is CCCc1nc(C(N)c2ccccc2C(F)(F)F)no1. The number of benzene rings is 1. The molecule has 0 amide bonds. The molecule has 4 nitrogen and oxygen atoms in total. The molecule has 0 bridgehead atoms. The van der Waals surface area contributed by atoms with Crippen molar-refractivity contribution in [3.63, 3.8) is 0 Å². The Kier molecular flexibility index (Phi) is 4.08. The molecule has 1 heterocycles. The Morgan fingerprint density at radius 2 is 2.00 bits per heavy atom. The Bertz CT molecular complexity index is 580. The number of hydrogen-bond donors (Lipinski definition) is 1. The van der Waals surface area contributed by atoms with E-state index in [1.54, 1.807) is 0 Å². The van der Waals surface area contributed by atoms with E-state index >= 15 is 0 Å². The molecule has 0 aliphatic rings. The standard InChI is InChI=1S/C13H14F3N3O/c1-2-5-10-18-12(19-20-10)11(17)8-6-3-4-7-9(8)13(14,15)16/h3-4,6-7,11H,2,5,17H2,1H3. The average molecular weight is 285 g/mol. The molecule has 2 rings (SSSR count). The first-order chi connectivity index (χ1) is 9.43. The molecule has 1 aromatic carbocycles. The minimum atomic E-state index is -4.47. The molecule has 0 saturated carbocycles. The summed E-state index contributed by atoms with van der Waals surface area (Å²) < 4.78 is 43.7. The number of aromatic nitrogens is 2. The van der Waals surface area contributed by atoms with Crippen LogP contribution in [-0.4, -0.2) is 10.1 Å². The minimum absolute atomic E-state index is 0.0603. The Morgan fingerprint density at radius 1 is 1.30 bits per heavy atom. The third-order valence-corrected chi connectivity index (χ3v) is 2.83. The van der Waals surface area contributed by atoms with Gasteiger partial charge >= 0.3 is 6.18 Å². The molecule has 1 unspecified atom stereocenters. The predicted octanol–water partition coefficient (Wildman–Crippen LogP) is 3.09. The van der Waals surface area contributed by atoms with Crippen LogP contribution in [0.3, 0.4) is 0 Å². The number of hydrogen-bond acceptors (Lipinski definition) is 4. The summed E-state index contributed by atoms with van der Waals surface area (Å²) in [5.74, 6) is 0.438. The molecule has 2 N–H and O–H groups in total. The lowest BCUT2D eigenvalue weighted by Gasteiger charge is -2.15. The second-order valence-corrected chi connectivity index (χ2v) is 4.36. The minimum Gasteiger partial charge on any atom is -0.339 e. The zero-order chi connectivity index (χ0) is 14.8. The van der Waals surface area contributed by atoms with Crippen molar-refractivity contribution in [2.75, 3.05) is 0 Å². The first kappa shape index (κ1) is 14.5. The van der Waals surface area contributed by atoms with Crippen molar-refractivity contribution < 1.29 is 17.7 Å². The molecule has 0 radical (unpaired) electrons. The number of nitrogens with two attached hydrogens (primary N) is 1. The summed E-state index contributed by atoms with van der Waals surface area (Å²) in [5, 5.41) is 3.66. The van der Waals surface area contributed by atoms with Crippen LogP contribution in [0.15, 0.2) is 28.8 Å². The van der Waals surface area contributed by atoms with Crippen LogP contribution in [0.2, 0.25) is 0 Å². The van der Waals surface area contributed by atoms with Crippen molar-refractivity contribution in [3.8, 4) is 0 Å². The largest absolute Gasteiger partial charge is 0.416 e. The smallest absolute Gasteiger partial charge is 0.339 e. The highest BCUT2D eigenvalue weighted by atomic mass is 19.4. The molecule has 0 spiro atoms. The highest BCUT2D eigenvalue weighted by Crippen LogP contribution is 2.35. The van der Waals surface area contributed by atoms with Gasteiger partial charge in [-0.25, -0.2) is 0 Å². The third kappa shape index (κ3) is 2.98. The van der Waals surface area contributed by atoms with Gasteiger partial charge in [0.1, 0.15) is 0 Å². The third-order valence-electron chi connectivity index (χ3n) is 2.83. The molecule has 7 heteroatoms. The van der Waals surface area contributed by atoms with Gasteiger partial charge in [-0.05, 0) is 18.1 Å². The maximum Gasteiger partial charge on any atom is 0.416 e. The van der Waals surface area contributed by atoms with Gasteiger partial charge in [-0.2, -0.15) is 18.2 Å². The van der Waals surface area contributed by atoms with Gasteiger partial charge in [0.2, 0.25) is 5.89 Å². The molecule has 0 saturated heterocycles. The summed E-state index contributed by atoms with van der Waals surface area (Å²) in [6.07, 6.45) is -3.10. The molecule has 20 heavy (non-hydrogen) atoms. The second-order valence-electron chi connectivity index (χ2n) is 4.36. The van der Waals surface area contributed by atoms with Crippen molar-refractivity contribution >= 4 is 0 Å². The first-order valence-electron chi connectivity index (χ1n) is 6.17. The van der Waals surface area contributed by atoms with E-state index in [4.69, 9.17) is 10.3 Å². The molecular formula is C13H14F3N3O. The molecule has 0 aliphatic heterocycles. The first-order valence-corrected chi connectivity index (χ1v) is 6.17. The Balaban J connectivity index is 2.35. The fourth-order valence-corrected chi connectivity index (χ4v) is 1.88. The van der Waals surface area contributed by atoms with Crippen molar-refractivity contribution in [2.45, 2.75) is 32.0 Å². The quantitative estimate of drug-likeness (QED) is 0.937. The predicted molar refractivity (Wildman–Crippen MR) is 65.8 cm³/mol. The van der Waals surface area contributed by atoms with E-state index in [2.05, 4.69) is 10.1 Å². The van der Waals surface area contributed by atoms with Crippen molar-refractivity contribution in [1.82, 2.24) is 10.1 Å². The molecule has 108 valence electrons. The highest BCUT2D eigenvalue weighted by molar-refractivity contribution is 5.35. The summed E-state index contributed by atoms with van der Waals surface area (Å²) in [4.78, 5) is 4.03. The lowest BCUT2D eigenvalue weighted by atomic mass is 10.00. The topological polar surface area (TPSA) is 64.9 Å². The monoisotopic (exact) mass is 285 g/mol. The van der Waals surface area contributed by atoms with E-state index in [-0.39, 0.29) is 11.4 Å². The Labute approximate surface area is 113 Å². The van der Waals surface area contributed by atoms with Gasteiger partial charge in [-0.1, -0.05) is 30.3 Å². The number of alkyl halides is 3. The number of nitrogens with zero attached hydrogens (tertiary/aromatic N) is 2. The van der Waals surface area contributed by atoms with Gasteiger partial charge in [0.05, 0.1) is 11.6 Å². The van der Waals surface area contributed by atoms with E-state index in [0.717, 1.165) is 12.5 Å². The molecule has 1 aromatic heterocycles. The fraction of sp³-hybridized carbons (Fsp3) is 0.385. The maximum absolute atomic E-state index is 12.9. The average Bonchev–Trinajstić information content (AvgIpc) is 2.86. The number of rotatable bonds is 4.